The van der Waals surface area contributed by atoms with Crippen LogP contribution in [0.1, 0.15) is 132 Å². The van der Waals surface area contributed by atoms with Crippen molar-refractivity contribution in [3.8, 4) is 0 Å². The Labute approximate surface area is 288 Å². The topological polar surface area (TPSA) is 82.5 Å². The maximum absolute atomic E-state index is 17.2. The van der Waals surface area contributed by atoms with Gasteiger partial charge in [0.05, 0.1) is 22.9 Å². The van der Waals surface area contributed by atoms with E-state index in [-0.39, 0.29) is 54.1 Å². The number of benzene rings is 1. The molecule has 3 heterocycles. The predicted molar refractivity (Wildman–Crippen MR) is 176 cm³/mol. The Morgan fingerprint density at radius 2 is 1.56 bits per heavy atom. The number of fused-ring (bicyclic) bond motifs is 1. The number of nitrogens with zero attached hydrogens (tertiary/aromatic N) is 5. The molecule has 2 atom stereocenters. The van der Waals surface area contributed by atoms with Gasteiger partial charge in [-0.1, -0.05) is 26.0 Å². The van der Waals surface area contributed by atoms with Crippen LogP contribution in [0.4, 0.5) is 32.3 Å². The Morgan fingerprint density at radius 1 is 0.960 bits per heavy atom. The second kappa shape index (κ2) is 13.4. The van der Waals surface area contributed by atoms with E-state index in [1.54, 1.807) is 14.1 Å². The Kier molecular flexibility index (Phi) is 9.68. The Balaban J connectivity index is 1.42. The fourth-order valence-corrected chi connectivity index (χ4v) is 7.92. The van der Waals surface area contributed by atoms with Crippen LogP contribution in [-0.4, -0.2) is 64.0 Å². The van der Waals surface area contributed by atoms with Gasteiger partial charge in [-0.05, 0) is 73.1 Å². The maximum atomic E-state index is 17.2. The van der Waals surface area contributed by atoms with E-state index in [9.17, 15) is 31.9 Å². The molecular weight excluding hydrogens is 660 g/mol. The summed E-state index contributed by atoms with van der Waals surface area (Å²) in [6, 6.07) is 3.95. The van der Waals surface area contributed by atoms with Gasteiger partial charge in [0.25, 0.3) is 5.91 Å². The molecule has 6 rings (SSSR count). The first-order valence-electron chi connectivity index (χ1n) is 17.2. The molecule has 2 aromatic heterocycles. The minimum absolute atomic E-state index is 0.00668. The number of amides is 1. The molecule has 1 aromatic carbocycles. The van der Waals surface area contributed by atoms with Crippen LogP contribution < -0.4 is 4.90 Å². The van der Waals surface area contributed by atoms with E-state index in [4.69, 9.17) is 4.98 Å². The van der Waals surface area contributed by atoms with Crippen molar-refractivity contribution in [1.29, 1.82) is 0 Å². The van der Waals surface area contributed by atoms with Gasteiger partial charge in [0.1, 0.15) is 0 Å². The SMILES string of the molecule is CN(C)C(=O)c1cnc(N2CCC(c3nc4c(c(C5CCC(F)(F)CC5)c3C(F)c3ccc(C(F)(F)F)cc3)C(O)CC(C)(C)C4)CC2)nc1. The van der Waals surface area contributed by atoms with Crippen molar-refractivity contribution in [3.63, 3.8) is 0 Å². The number of aromatic nitrogens is 3. The van der Waals surface area contributed by atoms with Gasteiger partial charge in [-0.3, -0.25) is 9.78 Å². The van der Waals surface area contributed by atoms with Crippen molar-refractivity contribution in [2.45, 2.75) is 101 Å². The quantitative estimate of drug-likeness (QED) is 0.260. The average molecular weight is 704 g/mol. The number of pyridine rings is 1. The van der Waals surface area contributed by atoms with Crippen LogP contribution >= 0.6 is 0 Å². The third-order valence-electron chi connectivity index (χ3n) is 10.5. The van der Waals surface area contributed by atoms with Gasteiger partial charge >= 0.3 is 6.18 Å². The molecule has 2 aliphatic carbocycles. The van der Waals surface area contributed by atoms with E-state index in [2.05, 4.69) is 9.97 Å². The highest BCUT2D eigenvalue weighted by Crippen LogP contribution is 2.52. The number of anilines is 1. The van der Waals surface area contributed by atoms with Crippen molar-refractivity contribution in [1.82, 2.24) is 19.9 Å². The lowest BCUT2D eigenvalue weighted by atomic mass is 9.68. The smallest absolute Gasteiger partial charge is 0.388 e. The van der Waals surface area contributed by atoms with E-state index in [0.717, 1.165) is 24.3 Å². The molecule has 3 aromatic rings. The van der Waals surface area contributed by atoms with Crippen LogP contribution in [0.5, 0.6) is 0 Å². The van der Waals surface area contributed by atoms with E-state index in [0.29, 0.717) is 72.8 Å². The predicted octanol–water partition coefficient (Wildman–Crippen LogP) is 8.33. The fourth-order valence-electron chi connectivity index (χ4n) is 7.92. The van der Waals surface area contributed by atoms with Gasteiger partial charge in [-0.15, -0.1) is 0 Å². The van der Waals surface area contributed by atoms with Crippen molar-refractivity contribution >= 4 is 11.9 Å². The van der Waals surface area contributed by atoms with Crippen LogP contribution in [0.15, 0.2) is 36.7 Å². The summed E-state index contributed by atoms with van der Waals surface area (Å²) < 4.78 is 86.4. The molecule has 1 saturated heterocycles. The first-order valence-corrected chi connectivity index (χ1v) is 17.2. The van der Waals surface area contributed by atoms with Crippen molar-refractivity contribution in [3.05, 3.63) is 81.4 Å². The number of alkyl halides is 6. The average Bonchev–Trinajstić information content (AvgIpc) is 3.06. The highest BCUT2D eigenvalue weighted by molar-refractivity contribution is 5.93. The highest BCUT2D eigenvalue weighted by atomic mass is 19.4. The number of hydrogen-bond acceptors (Lipinski definition) is 6. The van der Waals surface area contributed by atoms with E-state index in [1.165, 1.54) is 17.3 Å². The molecule has 270 valence electrons. The number of piperidine rings is 1. The lowest BCUT2D eigenvalue weighted by Crippen LogP contribution is -2.36. The summed E-state index contributed by atoms with van der Waals surface area (Å²) in [6.45, 7) is 5.01. The van der Waals surface area contributed by atoms with Gasteiger partial charge in [-0.2, -0.15) is 13.2 Å². The maximum Gasteiger partial charge on any atom is 0.416 e. The van der Waals surface area contributed by atoms with Crippen LogP contribution in [0.25, 0.3) is 0 Å². The molecule has 0 radical (unpaired) electrons. The molecule has 0 bridgehead atoms. The van der Waals surface area contributed by atoms with E-state index < -0.39 is 35.9 Å². The first kappa shape index (κ1) is 36.1. The third kappa shape index (κ3) is 7.34. The molecule has 2 unspecified atom stereocenters. The van der Waals surface area contributed by atoms with E-state index in [1.807, 2.05) is 18.7 Å². The van der Waals surface area contributed by atoms with E-state index >= 15 is 4.39 Å². The zero-order valence-electron chi connectivity index (χ0n) is 28.7. The summed E-state index contributed by atoms with van der Waals surface area (Å²) in [6.07, 6.45) is -3.17. The Morgan fingerprint density at radius 3 is 2.12 bits per heavy atom. The zero-order valence-corrected chi connectivity index (χ0v) is 28.7. The summed E-state index contributed by atoms with van der Waals surface area (Å²) in [5.41, 5.74) is 1.43. The molecule has 7 nitrogen and oxygen atoms in total. The summed E-state index contributed by atoms with van der Waals surface area (Å²) in [5.74, 6) is -3.36. The lowest BCUT2D eigenvalue weighted by molar-refractivity contribution is -0.137. The normalized spacial score (nSPS) is 21.8. The van der Waals surface area contributed by atoms with Gasteiger partial charge in [0.2, 0.25) is 11.9 Å². The van der Waals surface area contributed by atoms with Gasteiger partial charge in [-0.25, -0.2) is 23.1 Å². The lowest BCUT2D eigenvalue weighted by Gasteiger charge is -2.41. The molecule has 13 heteroatoms. The number of halogens is 6. The molecule has 2 fully saturated rings. The first-order chi connectivity index (χ1) is 23.4. The molecule has 0 spiro atoms. The third-order valence-corrected chi connectivity index (χ3v) is 10.5. The molecule has 1 N–H and O–H groups in total. The molecule has 3 aliphatic rings. The monoisotopic (exact) mass is 703 g/mol. The Bertz CT molecular complexity index is 1690. The Hall–Kier alpha value is -3.74. The minimum atomic E-state index is -4.60. The zero-order chi connectivity index (χ0) is 36.2. The number of rotatable bonds is 6. The standard InChI is InChI=1S/C37H43F6N5O2/c1-35(2)17-26-29(27(49)18-35)28(21-9-13-36(39,40)14-10-21)30(31(38)22-5-7-25(8-6-22)37(41,42)43)32(46-26)23-11-15-48(16-12-23)34-44-19-24(20-45-34)33(50)47(3)4/h5-8,19-21,23,27,31,49H,9-18H2,1-4H3. The summed E-state index contributed by atoms with van der Waals surface area (Å²) in [7, 11) is 3.28. The van der Waals surface area contributed by atoms with Crippen LogP contribution in [-0.2, 0) is 12.6 Å². The number of aliphatic hydroxyl groups is 1. The summed E-state index contributed by atoms with van der Waals surface area (Å²) >= 11 is 0. The van der Waals surface area contributed by atoms with Crippen LogP contribution in [0.2, 0.25) is 0 Å². The number of carbonyl (C=O) groups excluding carboxylic acids is 1. The minimum Gasteiger partial charge on any atom is -0.388 e. The van der Waals surface area contributed by atoms with Crippen molar-refractivity contribution in [2.24, 2.45) is 5.41 Å². The summed E-state index contributed by atoms with van der Waals surface area (Å²) in [4.78, 5) is 29.6. The second-order valence-electron chi connectivity index (χ2n) is 15.1. The largest absolute Gasteiger partial charge is 0.416 e. The van der Waals surface area contributed by atoms with Crippen LogP contribution in [0, 0.1) is 5.41 Å². The fraction of sp³-hybridized carbons (Fsp3) is 0.568. The molecule has 50 heavy (non-hydrogen) atoms. The van der Waals surface area contributed by atoms with Gasteiger partial charge < -0.3 is 14.9 Å². The molecule has 1 amide bonds. The molecule has 1 aliphatic heterocycles. The summed E-state index contributed by atoms with van der Waals surface area (Å²) in [5, 5.41) is 11.6. The molecular formula is C37H43F6N5O2. The number of aliphatic hydroxyl groups excluding tert-OH is 1. The van der Waals surface area contributed by atoms with Crippen molar-refractivity contribution in [2.75, 3.05) is 32.1 Å². The van der Waals surface area contributed by atoms with Gasteiger partial charge in [0.15, 0.2) is 6.17 Å². The number of carbonyl (C=O) groups is 1. The second-order valence-corrected chi connectivity index (χ2v) is 15.1. The number of hydrogen-bond donors (Lipinski definition) is 1. The highest BCUT2D eigenvalue weighted by Gasteiger charge is 2.44. The molecule has 1 saturated carbocycles. The van der Waals surface area contributed by atoms with Gasteiger partial charge in [0, 0.05) is 75.2 Å². The van der Waals surface area contributed by atoms with Crippen LogP contribution in [0.3, 0.4) is 0 Å². The van der Waals surface area contributed by atoms with Crippen molar-refractivity contribution < 1.29 is 36.2 Å².